The number of carbonyl (C=O) groups excluding carboxylic acids is 3. The van der Waals surface area contributed by atoms with E-state index < -0.39 is 90.5 Å². The second-order valence-electron chi connectivity index (χ2n) is 11.9. The molecule has 7 atom stereocenters. The summed E-state index contributed by atoms with van der Waals surface area (Å²) >= 11 is 1.03. The highest BCUT2D eigenvalue weighted by molar-refractivity contribution is 8.13. The number of carbonyl (C=O) groups is 4. The first-order chi connectivity index (χ1) is 25.2. The van der Waals surface area contributed by atoms with Crippen LogP contribution in [-0.2, 0) is 55.5 Å². The van der Waals surface area contributed by atoms with Gasteiger partial charge in [-0.3, -0.25) is 37.3 Å². The molecule has 0 aromatic carbocycles. The second-order valence-corrected chi connectivity index (χ2v) is 17.4. The van der Waals surface area contributed by atoms with Crippen LogP contribution in [0.5, 0.6) is 0 Å². The standard InChI is InChI=1S/C23H38N7O17P3S.C2H4O2/c1-12(31)51-7-6-25-14(32)4-5-26-21(35)18(34)23(2,3)9-44-50(41,42)47-49(39,40)43-8-13-17(46-48(36,37)38)16(33)22(45-13)30-11-29-15-19(24)27-10-28-20(15)30;1-2(3)4/h10-11,13,16-18,22,33-34H,4-9H2,1-3H3,(H,25,32)(H,26,35)(H,39,40)(H,41,42)(H2,24,27,28)(H2,36,37,38);1H3,(H,3,4)/t13-,16-,17-,18?,22-;/m1./s1. The molecule has 26 nitrogen and oxygen atoms in total. The Bertz CT molecular complexity index is 1810. The molecule has 55 heavy (non-hydrogen) atoms. The van der Waals surface area contributed by atoms with Gasteiger partial charge in [0.05, 0.1) is 19.5 Å². The van der Waals surface area contributed by atoms with Crippen molar-refractivity contribution in [1.29, 1.82) is 0 Å². The summed E-state index contributed by atoms with van der Waals surface area (Å²) in [5.74, 6) is -1.92. The maximum atomic E-state index is 12.6. The fourth-order valence-corrected chi connectivity index (χ4v) is 7.65. The van der Waals surface area contributed by atoms with Gasteiger partial charge in [0.15, 0.2) is 22.8 Å². The monoisotopic (exact) mass is 869 g/mol. The first-order valence-corrected chi connectivity index (χ1v) is 21.0. The minimum Gasteiger partial charge on any atom is -0.481 e. The Hall–Kier alpha value is -2.97. The summed E-state index contributed by atoms with van der Waals surface area (Å²) in [6, 6.07) is 0. The SMILES string of the molecule is CC(=O)O.CC(=O)SCCNC(=O)CCNC(=O)C(O)C(C)(C)COP(=O)(O)OP(=O)(O)OC[C@H]1O[C@@H](n2cnc3c(N)ncnc32)[C@H](O)[C@@H]1OP(=O)(O)O. The van der Waals surface area contributed by atoms with E-state index in [1.165, 1.54) is 20.8 Å². The van der Waals surface area contributed by atoms with Crippen LogP contribution in [0.3, 0.4) is 0 Å². The van der Waals surface area contributed by atoms with E-state index in [1.807, 2.05) is 0 Å². The number of nitrogens with zero attached hydrogens (tertiary/aromatic N) is 4. The molecule has 0 spiro atoms. The van der Waals surface area contributed by atoms with Crippen molar-refractivity contribution in [3.63, 3.8) is 0 Å². The Labute approximate surface area is 315 Å². The molecule has 0 saturated carbocycles. The molecule has 2 amide bonds. The van der Waals surface area contributed by atoms with E-state index in [1.54, 1.807) is 0 Å². The number of thioether (sulfide) groups is 1. The number of rotatable bonds is 19. The summed E-state index contributed by atoms with van der Waals surface area (Å²) in [5, 5.41) is 33.5. The van der Waals surface area contributed by atoms with Gasteiger partial charge in [-0.25, -0.2) is 28.6 Å². The summed E-state index contributed by atoms with van der Waals surface area (Å²) in [6.07, 6.45) is -6.88. The van der Waals surface area contributed by atoms with E-state index in [0.717, 1.165) is 35.9 Å². The van der Waals surface area contributed by atoms with Crippen molar-refractivity contribution in [3.8, 4) is 0 Å². The van der Waals surface area contributed by atoms with Gasteiger partial charge >= 0.3 is 23.5 Å². The number of nitrogens with two attached hydrogens (primary N) is 1. The molecule has 312 valence electrons. The molecule has 30 heteroatoms. The molecular formula is C25H42N7O19P3S. The number of anilines is 1. The lowest BCUT2D eigenvalue weighted by atomic mass is 9.87. The Balaban J connectivity index is 0.00000248. The number of aliphatic hydroxyl groups is 2. The van der Waals surface area contributed by atoms with Gasteiger partial charge in [0.25, 0.3) is 5.97 Å². The van der Waals surface area contributed by atoms with Gasteiger partial charge in [0, 0.05) is 44.5 Å². The van der Waals surface area contributed by atoms with Crippen LogP contribution >= 0.6 is 35.2 Å². The zero-order valence-electron chi connectivity index (χ0n) is 29.4. The molecule has 3 heterocycles. The summed E-state index contributed by atoms with van der Waals surface area (Å²) < 4.78 is 61.8. The molecule has 2 aromatic heterocycles. The Morgan fingerprint density at radius 2 is 1.65 bits per heavy atom. The molecule has 2 aromatic rings. The predicted molar refractivity (Wildman–Crippen MR) is 186 cm³/mol. The molecule has 1 saturated heterocycles. The number of carboxylic acid groups (broad SMARTS) is 1. The molecule has 0 radical (unpaired) electrons. The van der Waals surface area contributed by atoms with Crippen molar-refractivity contribution in [2.24, 2.45) is 5.41 Å². The highest BCUT2D eigenvalue weighted by Gasteiger charge is 2.50. The second kappa shape index (κ2) is 20.5. The molecule has 0 bridgehead atoms. The number of fused-ring (bicyclic) bond motifs is 1. The number of imidazole rings is 1. The lowest BCUT2D eigenvalue weighted by Crippen LogP contribution is -2.46. The van der Waals surface area contributed by atoms with Crippen LogP contribution in [0.4, 0.5) is 5.82 Å². The van der Waals surface area contributed by atoms with Crippen molar-refractivity contribution < 1.29 is 90.4 Å². The van der Waals surface area contributed by atoms with Crippen LogP contribution in [-0.4, -0.2) is 134 Å². The first-order valence-electron chi connectivity index (χ1n) is 15.5. The molecule has 1 aliphatic rings. The van der Waals surface area contributed by atoms with Gasteiger partial charge in [0.2, 0.25) is 11.8 Å². The van der Waals surface area contributed by atoms with E-state index in [-0.39, 0.29) is 41.6 Å². The van der Waals surface area contributed by atoms with E-state index in [0.29, 0.717) is 5.75 Å². The number of aliphatic carboxylic acids is 1. The van der Waals surface area contributed by atoms with Gasteiger partial charge in [0.1, 0.15) is 36.3 Å². The molecule has 11 N–H and O–H groups in total. The quantitative estimate of drug-likeness (QED) is 0.0584. The summed E-state index contributed by atoms with van der Waals surface area (Å²) in [4.78, 5) is 94.9. The highest BCUT2D eigenvalue weighted by atomic mass is 32.2. The number of hydrogen-bond donors (Lipinski definition) is 10. The van der Waals surface area contributed by atoms with Crippen LogP contribution in [0, 0.1) is 5.41 Å². The van der Waals surface area contributed by atoms with Gasteiger partial charge in [-0.15, -0.1) is 0 Å². The minimum atomic E-state index is -5.56. The fourth-order valence-electron chi connectivity index (χ4n) is 4.32. The molecule has 3 rings (SSSR count). The number of phosphoric acid groups is 3. The van der Waals surface area contributed by atoms with Crippen LogP contribution in [0.1, 0.15) is 40.3 Å². The zero-order valence-corrected chi connectivity index (χ0v) is 32.9. The third-order valence-electron chi connectivity index (χ3n) is 6.81. The van der Waals surface area contributed by atoms with Crippen LogP contribution in [0.25, 0.3) is 11.2 Å². The molecular weight excluding hydrogens is 827 g/mol. The van der Waals surface area contributed by atoms with E-state index >= 15 is 0 Å². The minimum absolute atomic E-state index is 0.0310. The van der Waals surface area contributed by atoms with E-state index in [9.17, 15) is 57.9 Å². The fraction of sp³-hybridized carbons (Fsp3) is 0.640. The number of nitrogens with one attached hydrogen (secondary N) is 2. The average Bonchev–Trinajstić information content (AvgIpc) is 3.60. The Kier molecular flexibility index (Phi) is 17.9. The third-order valence-corrected chi connectivity index (χ3v) is 10.7. The van der Waals surface area contributed by atoms with Crippen molar-refractivity contribution in [2.75, 3.05) is 37.8 Å². The number of ether oxygens (including phenoxy) is 1. The van der Waals surface area contributed by atoms with Gasteiger partial charge in [-0.1, -0.05) is 25.6 Å². The number of nitrogen functional groups attached to an aromatic ring is 1. The number of phosphoric ester groups is 3. The number of aromatic nitrogens is 4. The van der Waals surface area contributed by atoms with E-state index in [4.69, 9.17) is 29.4 Å². The lowest BCUT2D eigenvalue weighted by molar-refractivity contribution is -0.137. The maximum Gasteiger partial charge on any atom is 0.481 e. The smallest absolute Gasteiger partial charge is 0.481 e. The number of carboxylic acids is 1. The maximum absolute atomic E-state index is 12.6. The lowest BCUT2D eigenvalue weighted by Gasteiger charge is -2.30. The molecule has 0 aliphatic carbocycles. The molecule has 1 aliphatic heterocycles. The predicted octanol–water partition coefficient (Wildman–Crippen LogP) is -1.22. The van der Waals surface area contributed by atoms with Crippen molar-refractivity contribution in [3.05, 3.63) is 12.7 Å². The van der Waals surface area contributed by atoms with Crippen LogP contribution in [0.15, 0.2) is 12.7 Å². The Morgan fingerprint density at radius 1 is 1.04 bits per heavy atom. The number of aliphatic hydroxyl groups excluding tert-OH is 2. The summed E-state index contributed by atoms with van der Waals surface area (Å²) in [6.45, 7) is 2.98. The van der Waals surface area contributed by atoms with Gasteiger partial charge in [-0.05, 0) is 0 Å². The van der Waals surface area contributed by atoms with Crippen molar-refractivity contribution in [1.82, 2.24) is 30.2 Å². The van der Waals surface area contributed by atoms with Crippen LogP contribution in [0.2, 0.25) is 0 Å². The van der Waals surface area contributed by atoms with Gasteiger partial charge in [-0.2, -0.15) is 4.31 Å². The Morgan fingerprint density at radius 3 is 2.25 bits per heavy atom. The number of amides is 2. The number of hydrogen-bond acceptors (Lipinski definition) is 19. The largest absolute Gasteiger partial charge is 0.481 e. The zero-order chi connectivity index (χ0) is 41.9. The summed E-state index contributed by atoms with van der Waals surface area (Å²) in [5.41, 5.74) is 4.26. The average molecular weight is 870 g/mol. The molecule has 1 fully saturated rings. The van der Waals surface area contributed by atoms with E-state index in [2.05, 4.69) is 34.4 Å². The van der Waals surface area contributed by atoms with Crippen molar-refractivity contribution >= 4 is 75.1 Å². The van der Waals surface area contributed by atoms with Crippen molar-refractivity contribution in [2.45, 2.75) is 64.8 Å². The first kappa shape index (κ1) is 48.2. The highest BCUT2D eigenvalue weighted by Crippen LogP contribution is 2.61. The topological polar surface area (TPSA) is 401 Å². The normalized spacial score (nSPS) is 21.4. The van der Waals surface area contributed by atoms with Gasteiger partial charge < -0.3 is 56.0 Å². The summed E-state index contributed by atoms with van der Waals surface area (Å²) in [7, 11) is -16.4. The third kappa shape index (κ3) is 16.2. The van der Waals surface area contributed by atoms with Crippen LogP contribution < -0.4 is 16.4 Å². The molecule has 3 unspecified atom stereocenters.